The first-order valence-electron chi connectivity index (χ1n) is 8.34. The molecule has 0 spiro atoms. The number of nitrogens with zero attached hydrogens (tertiary/aromatic N) is 4. The van der Waals surface area contributed by atoms with Crippen molar-refractivity contribution in [2.75, 3.05) is 5.32 Å². The number of nitrogens with one attached hydrogen (secondary N) is 1. The number of aromatic nitrogens is 3. The fraction of sp³-hybridized carbons (Fsp3) is 0.211. The third kappa shape index (κ3) is 3.69. The lowest BCUT2D eigenvalue weighted by Crippen LogP contribution is -2.15. The summed E-state index contributed by atoms with van der Waals surface area (Å²) in [5, 5.41) is 22.3. The van der Waals surface area contributed by atoms with E-state index in [0.717, 1.165) is 16.8 Å². The molecule has 0 bridgehead atoms. The molecule has 27 heavy (non-hydrogen) atoms. The molecule has 0 aliphatic rings. The van der Waals surface area contributed by atoms with E-state index in [0.29, 0.717) is 16.9 Å². The highest BCUT2D eigenvalue weighted by Gasteiger charge is 2.19. The number of benzene rings is 2. The summed E-state index contributed by atoms with van der Waals surface area (Å²) in [6.45, 7) is 7.41. The van der Waals surface area contributed by atoms with Crippen LogP contribution >= 0.6 is 0 Å². The molecular weight excluding hydrogens is 346 g/mol. The van der Waals surface area contributed by atoms with Gasteiger partial charge in [0.2, 0.25) is 0 Å². The second-order valence-electron chi connectivity index (χ2n) is 6.42. The zero-order valence-corrected chi connectivity index (χ0v) is 15.5. The number of amides is 1. The van der Waals surface area contributed by atoms with Gasteiger partial charge in [-0.05, 0) is 44.9 Å². The van der Waals surface area contributed by atoms with Crippen LogP contribution in [0.3, 0.4) is 0 Å². The average Bonchev–Trinajstić information content (AvgIpc) is 2.98. The summed E-state index contributed by atoms with van der Waals surface area (Å²) in [6.07, 6.45) is 0. The lowest BCUT2D eigenvalue weighted by Gasteiger charge is -2.07. The van der Waals surface area contributed by atoms with Crippen molar-refractivity contribution in [3.05, 3.63) is 74.6 Å². The fourth-order valence-corrected chi connectivity index (χ4v) is 2.77. The van der Waals surface area contributed by atoms with Gasteiger partial charge in [-0.3, -0.25) is 14.9 Å². The molecule has 1 heterocycles. The van der Waals surface area contributed by atoms with E-state index in [-0.39, 0.29) is 11.4 Å². The van der Waals surface area contributed by atoms with Gasteiger partial charge in [0, 0.05) is 12.1 Å². The van der Waals surface area contributed by atoms with E-state index >= 15 is 0 Å². The molecule has 0 aliphatic carbocycles. The number of aryl methyl sites for hydroxylation is 4. The van der Waals surface area contributed by atoms with Crippen molar-refractivity contribution in [1.29, 1.82) is 0 Å². The van der Waals surface area contributed by atoms with Crippen LogP contribution in [0, 0.1) is 37.8 Å². The highest BCUT2D eigenvalue weighted by molar-refractivity contribution is 6.04. The molecule has 0 fully saturated rings. The van der Waals surface area contributed by atoms with Crippen LogP contribution in [-0.4, -0.2) is 25.8 Å². The van der Waals surface area contributed by atoms with E-state index in [1.807, 2.05) is 32.0 Å². The minimum atomic E-state index is -0.503. The Morgan fingerprint density at radius 2 is 1.78 bits per heavy atom. The molecule has 0 saturated heterocycles. The van der Waals surface area contributed by atoms with Crippen LogP contribution in [0.4, 0.5) is 11.4 Å². The number of anilines is 1. The highest BCUT2D eigenvalue weighted by atomic mass is 16.6. The van der Waals surface area contributed by atoms with E-state index < -0.39 is 10.8 Å². The second kappa shape index (κ2) is 6.99. The van der Waals surface area contributed by atoms with Crippen LogP contribution in [-0.2, 0) is 0 Å². The number of carbonyl (C=O) groups is 1. The smallest absolute Gasteiger partial charge is 0.278 e. The third-order valence-corrected chi connectivity index (χ3v) is 4.25. The number of nitro benzene ring substituents is 1. The Morgan fingerprint density at radius 3 is 2.44 bits per heavy atom. The first kappa shape index (κ1) is 18.2. The van der Waals surface area contributed by atoms with Gasteiger partial charge in [-0.25, -0.2) is 0 Å². The van der Waals surface area contributed by atoms with Crippen molar-refractivity contribution in [1.82, 2.24) is 15.0 Å². The molecule has 0 aliphatic heterocycles. The standard InChI is InChI=1S/C19H19N5O3/c1-11-5-8-17(13(3)9-11)23-21-14(4)18(22-23)19(25)20-16-10-15(24(26)27)7-6-12(16)2/h5-10H,1-4H3,(H,20,25). The van der Waals surface area contributed by atoms with Crippen molar-refractivity contribution in [3.63, 3.8) is 0 Å². The molecule has 0 atom stereocenters. The van der Waals surface area contributed by atoms with Gasteiger partial charge < -0.3 is 5.32 Å². The Kier molecular flexibility index (Phi) is 4.72. The summed E-state index contributed by atoms with van der Waals surface area (Å²) in [5.41, 5.74) is 4.53. The zero-order valence-electron chi connectivity index (χ0n) is 15.5. The maximum Gasteiger partial charge on any atom is 0.278 e. The second-order valence-corrected chi connectivity index (χ2v) is 6.42. The van der Waals surface area contributed by atoms with E-state index in [9.17, 15) is 14.9 Å². The normalized spacial score (nSPS) is 10.7. The minimum Gasteiger partial charge on any atom is -0.320 e. The van der Waals surface area contributed by atoms with Crippen LogP contribution in [0.25, 0.3) is 5.69 Å². The van der Waals surface area contributed by atoms with Gasteiger partial charge in [0.15, 0.2) is 5.69 Å². The van der Waals surface area contributed by atoms with Crippen molar-refractivity contribution in [2.45, 2.75) is 27.7 Å². The van der Waals surface area contributed by atoms with E-state index in [1.54, 1.807) is 19.9 Å². The van der Waals surface area contributed by atoms with E-state index in [4.69, 9.17) is 0 Å². The number of nitro groups is 1. The first-order chi connectivity index (χ1) is 12.8. The molecule has 1 amide bonds. The van der Waals surface area contributed by atoms with Gasteiger partial charge in [0.05, 0.1) is 22.0 Å². The van der Waals surface area contributed by atoms with Gasteiger partial charge in [-0.1, -0.05) is 23.8 Å². The predicted octanol–water partition coefficient (Wildman–Crippen LogP) is 3.66. The van der Waals surface area contributed by atoms with E-state index in [2.05, 4.69) is 15.5 Å². The zero-order chi connectivity index (χ0) is 19.7. The molecule has 3 aromatic rings. The Labute approximate surface area is 156 Å². The van der Waals surface area contributed by atoms with Crippen LogP contribution in [0.1, 0.15) is 32.9 Å². The number of non-ortho nitro benzene ring substituents is 1. The molecule has 2 aromatic carbocycles. The van der Waals surface area contributed by atoms with Gasteiger partial charge >= 0.3 is 0 Å². The molecule has 0 saturated carbocycles. The molecular formula is C19H19N5O3. The maximum absolute atomic E-state index is 12.7. The van der Waals surface area contributed by atoms with Crippen LogP contribution in [0.15, 0.2) is 36.4 Å². The summed E-state index contributed by atoms with van der Waals surface area (Å²) >= 11 is 0. The van der Waals surface area contributed by atoms with Crippen molar-refractivity contribution in [3.8, 4) is 5.69 Å². The van der Waals surface area contributed by atoms with Gasteiger partial charge in [-0.2, -0.15) is 9.90 Å². The number of rotatable bonds is 4. The molecule has 1 aromatic heterocycles. The number of carbonyl (C=O) groups excluding carboxylic acids is 1. The molecule has 1 N–H and O–H groups in total. The largest absolute Gasteiger partial charge is 0.320 e. The Balaban J connectivity index is 1.91. The molecule has 8 nitrogen and oxygen atoms in total. The maximum atomic E-state index is 12.7. The molecule has 138 valence electrons. The third-order valence-electron chi connectivity index (χ3n) is 4.25. The van der Waals surface area contributed by atoms with Gasteiger partial charge in [0.25, 0.3) is 11.6 Å². The Hall–Kier alpha value is -3.55. The molecule has 8 heteroatoms. The van der Waals surface area contributed by atoms with Crippen molar-refractivity contribution >= 4 is 17.3 Å². The number of hydrogen-bond donors (Lipinski definition) is 1. The fourth-order valence-electron chi connectivity index (χ4n) is 2.77. The van der Waals surface area contributed by atoms with Crippen molar-refractivity contribution in [2.24, 2.45) is 0 Å². The van der Waals surface area contributed by atoms with Crippen LogP contribution in [0.5, 0.6) is 0 Å². The Bertz CT molecular complexity index is 1060. The molecule has 0 unspecified atom stereocenters. The summed E-state index contributed by atoms with van der Waals surface area (Å²) < 4.78 is 0. The van der Waals surface area contributed by atoms with Crippen LogP contribution in [0.2, 0.25) is 0 Å². The summed E-state index contributed by atoms with van der Waals surface area (Å²) in [4.78, 5) is 24.5. The lowest BCUT2D eigenvalue weighted by atomic mass is 10.1. The molecule has 3 rings (SSSR count). The molecule has 0 radical (unpaired) electrons. The topological polar surface area (TPSA) is 103 Å². The minimum absolute atomic E-state index is 0.0912. The lowest BCUT2D eigenvalue weighted by molar-refractivity contribution is -0.384. The number of hydrogen-bond acceptors (Lipinski definition) is 5. The predicted molar refractivity (Wildman–Crippen MR) is 101 cm³/mol. The van der Waals surface area contributed by atoms with Gasteiger partial charge in [0.1, 0.15) is 0 Å². The van der Waals surface area contributed by atoms with Crippen LogP contribution < -0.4 is 5.32 Å². The first-order valence-corrected chi connectivity index (χ1v) is 8.34. The Morgan fingerprint density at radius 1 is 1.04 bits per heavy atom. The monoisotopic (exact) mass is 365 g/mol. The summed E-state index contributed by atoms with van der Waals surface area (Å²) in [6, 6.07) is 10.2. The quantitative estimate of drug-likeness (QED) is 0.561. The van der Waals surface area contributed by atoms with E-state index in [1.165, 1.54) is 16.9 Å². The summed E-state index contributed by atoms with van der Waals surface area (Å²) in [5.74, 6) is -0.466. The summed E-state index contributed by atoms with van der Waals surface area (Å²) in [7, 11) is 0. The van der Waals surface area contributed by atoms with Crippen molar-refractivity contribution < 1.29 is 9.72 Å². The highest BCUT2D eigenvalue weighted by Crippen LogP contribution is 2.23. The average molecular weight is 365 g/mol. The van der Waals surface area contributed by atoms with Gasteiger partial charge in [-0.15, -0.1) is 5.10 Å². The SMILES string of the molecule is Cc1ccc(-n2nc(C)c(C(=O)Nc3cc([N+](=O)[O-])ccc3C)n2)c(C)c1.